The Morgan fingerprint density at radius 3 is 1.11 bits per heavy atom. The van der Waals surface area contributed by atoms with Crippen LogP contribution in [0.1, 0.15) is 0 Å². The van der Waals surface area contributed by atoms with E-state index in [2.05, 4.69) is 0 Å². The largest absolute Gasteiger partial charge is 0.271 e. The van der Waals surface area contributed by atoms with Crippen LogP contribution in [0.15, 0.2) is 0 Å². The fourth-order valence-electron chi connectivity index (χ4n) is 0. The second-order valence-corrected chi connectivity index (χ2v) is 2.89. The first-order valence-electron chi connectivity index (χ1n) is 1.12. The predicted molar refractivity (Wildman–Crippen MR) is 46.1 cm³/mol. The summed E-state index contributed by atoms with van der Waals surface area (Å²) in [4.78, 5) is 0. The molecule has 0 aliphatic heterocycles. The summed E-state index contributed by atoms with van der Waals surface area (Å²) < 4.78 is 32.9. The smallest absolute Gasteiger partial charge is 0.123 e. The van der Waals surface area contributed by atoms with E-state index in [0.717, 1.165) is 0 Å². The summed E-state index contributed by atoms with van der Waals surface area (Å²) in [7, 11) is -0.00309. The molecule has 2 N–H and O–H groups in total. The summed E-state index contributed by atoms with van der Waals surface area (Å²) in [5, 5.41) is 0. The van der Waals surface area contributed by atoms with Crippen LogP contribution < -0.4 is 0 Å². The van der Waals surface area contributed by atoms with Gasteiger partial charge in [-0.25, -0.2) is 0 Å². The van der Waals surface area contributed by atoms with E-state index < -0.39 is 0 Å². The first kappa shape index (κ1) is 16.8. The van der Waals surface area contributed by atoms with E-state index in [1.165, 1.54) is 0 Å². The third-order valence-electron chi connectivity index (χ3n) is 0.0690. The van der Waals surface area contributed by atoms with Crippen molar-refractivity contribution in [2.24, 2.45) is 0 Å². The number of hydrogen-bond acceptors (Lipinski definition) is 4. The number of rotatable bonds is 2. The molecule has 0 rings (SSSR count). The minimum Gasteiger partial charge on any atom is -0.271 e. The molecule has 0 aromatic heterocycles. The molecule has 0 amide bonds. The van der Waals surface area contributed by atoms with Crippen LogP contribution in [0.2, 0.25) is 0 Å². The molecule has 0 unspecified atom stereocenters. The average Bonchev–Trinajstić information content (AvgIpc) is 1.88. The third-order valence-corrected chi connectivity index (χ3v) is 0.621. The van der Waals surface area contributed by atoms with Gasteiger partial charge < -0.3 is 0 Å². The SMILES string of the molecule is N=[SH]SF.N=[SH]SF.[Li]. The van der Waals surface area contributed by atoms with Crippen molar-refractivity contribution in [3.05, 3.63) is 0 Å². The molecular formula is H4F2LiN2S4. The molecule has 0 aliphatic carbocycles. The first-order chi connectivity index (χ1) is 3.83. The van der Waals surface area contributed by atoms with Crippen molar-refractivity contribution in [1.29, 1.82) is 9.56 Å². The minimum atomic E-state index is -0.00463. The van der Waals surface area contributed by atoms with Gasteiger partial charge in [-0.3, -0.25) is 9.56 Å². The summed E-state index contributed by atoms with van der Waals surface area (Å²) in [6.07, 6.45) is 0. The molecule has 53 valence electrons. The normalized spacial score (nSPS) is 6.44. The fraction of sp³-hybridized carbons (Fsp3) is 0. The molecule has 0 aromatic rings. The van der Waals surface area contributed by atoms with Gasteiger partial charge >= 0.3 is 0 Å². The van der Waals surface area contributed by atoms with Gasteiger partial charge in [0, 0.05) is 18.9 Å². The van der Waals surface area contributed by atoms with E-state index in [4.69, 9.17) is 9.56 Å². The molecular weight excluding hydrogens is 201 g/mol. The number of thiol groups is 2. The topological polar surface area (TPSA) is 47.7 Å². The van der Waals surface area contributed by atoms with Crippen LogP contribution >= 0.6 is 22.4 Å². The van der Waals surface area contributed by atoms with E-state index in [-0.39, 0.29) is 62.4 Å². The minimum absolute atomic E-state index is 0. The Hall–Kier alpha value is 1.46. The van der Waals surface area contributed by atoms with Crippen LogP contribution in [0.25, 0.3) is 0 Å². The van der Waals surface area contributed by atoms with Gasteiger partial charge in [-0.15, -0.1) is 0 Å². The van der Waals surface area contributed by atoms with E-state index in [0.29, 0.717) is 0 Å². The maximum atomic E-state index is 10.4. The monoisotopic (exact) mass is 205 g/mol. The Morgan fingerprint density at radius 1 is 1.00 bits per heavy atom. The summed E-state index contributed by atoms with van der Waals surface area (Å²) >= 11 is -0.00926. The Morgan fingerprint density at radius 2 is 1.11 bits per heavy atom. The van der Waals surface area contributed by atoms with Crippen molar-refractivity contribution >= 4 is 62.4 Å². The Kier molecular flexibility index (Phi) is 42.4. The number of halogens is 2. The van der Waals surface area contributed by atoms with Gasteiger partial charge in [0.25, 0.3) is 0 Å². The second-order valence-electron chi connectivity index (χ2n) is 0.321. The van der Waals surface area contributed by atoms with Crippen molar-refractivity contribution in [3.8, 4) is 0 Å². The zero-order valence-corrected chi connectivity index (χ0v) is 7.89. The van der Waals surface area contributed by atoms with E-state index in [9.17, 15) is 7.77 Å². The van der Waals surface area contributed by atoms with Gasteiger partial charge in [-0.2, -0.15) is 7.77 Å². The molecule has 0 bridgehead atoms. The van der Waals surface area contributed by atoms with Crippen molar-refractivity contribution in [2.45, 2.75) is 0 Å². The third kappa shape index (κ3) is 44.0. The van der Waals surface area contributed by atoms with Crippen LogP contribution in [0.3, 0.4) is 0 Å². The molecule has 0 spiro atoms. The van der Waals surface area contributed by atoms with Crippen LogP contribution in [0, 0.1) is 9.56 Å². The Labute approximate surface area is 79.3 Å². The summed E-state index contributed by atoms with van der Waals surface area (Å²) in [6.45, 7) is 0. The predicted octanol–water partition coefficient (Wildman–Crippen LogP) is 1.81. The molecule has 0 saturated carbocycles. The molecule has 2 nitrogen and oxygen atoms in total. The second kappa shape index (κ2) is 22.7. The number of hydrogen-bond donors (Lipinski definition) is 4. The van der Waals surface area contributed by atoms with Gasteiger partial charge in [-0.1, -0.05) is 0 Å². The van der Waals surface area contributed by atoms with Crippen molar-refractivity contribution < 1.29 is 7.77 Å². The maximum Gasteiger partial charge on any atom is 0.123 e. The number of nitrogens with one attached hydrogen (secondary N) is 2. The van der Waals surface area contributed by atoms with Crippen molar-refractivity contribution in [1.82, 2.24) is 0 Å². The van der Waals surface area contributed by atoms with Crippen LogP contribution in [0.4, 0.5) is 7.77 Å². The Balaban J connectivity index is -0.0000000720. The van der Waals surface area contributed by atoms with Gasteiger partial charge in [-0.05, 0) is 21.2 Å². The molecule has 0 saturated heterocycles. The molecule has 1 radical (unpaired) electrons. The van der Waals surface area contributed by atoms with Gasteiger partial charge in [0.05, 0.1) is 0 Å². The van der Waals surface area contributed by atoms with Crippen LogP contribution in [0.5, 0.6) is 0 Å². The van der Waals surface area contributed by atoms with Crippen molar-refractivity contribution in [3.63, 3.8) is 0 Å². The van der Waals surface area contributed by atoms with E-state index >= 15 is 0 Å². The van der Waals surface area contributed by atoms with Crippen LogP contribution in [-0.2, 0) is 21.2 Å². The van der Waals surface area contributed by atoms with E-state index in [1.807, 2.05) is 0 Å². The first-order valence-corrected chi connectivity index (χ1v) is 5.55. The average molecular weight is 205 g/mol. The molecule has 0 aromatic carbocycles. The molecule has 0 heterocycles. The van der Waals surface area contributed by atoms with Gasteiger partial charge in [0.15, 0.2) is 0 Å². The molecule has 9 heavy (non-hydrogen) atoms. The standard InChI is InChI=1S/2FH2NS2.Li/c2*1-3-4-2;/h2*2,4H;. The zero-order valence-electron chi connectivity index (χ0n) is 4.47. The maximum absolute atomic E-state index is 10.4. The quantitative estimate of drug-likeness (QED) is 0.316. The van der Waals surface area contributed by atoms with Crippen molar-refractivity contribution in [2.75, 3.05) is 0 Å². The molecule has 9 heteroatoms. The van der Waals surface area contributed by atoms with Crippen LogP contribution in [-0.4, -0.2) is 18.9 Å². The van der Waals surface area contributed by atoms with Gasteiger partial charge in [0.2, 0.25) is 0 Å². The molecule has 0 atom stereocenters. The van der Waals surface area contributed by atoms with Gasteiger partial charge in [0.1, 0.15) is 22.4 Å². The molecule has 0 aliphatic rings. The summed E-state index contributed by atoms with van der Waals surface area (Å²) in [5.41, 5.74) is 0. The Bertz CT molecular complexity index is 52.5. The summed E-state index contributed by atoms with van der Waals surface area (Å²) in [5.74, 6) is 0. The van der Waals surface area contributed by atoms with E-state index in [1.54, 1.807) is 0 Å². The molecule has 0 fully saturated rings. The summed E-state index contributed by atoms with van der Waals surface area (Å²) in [6, 6.07) is 0. The fourth-order valence-corrected chi connectivity index (χ4v) is 0. The zero-order chi connectivity index (χ0) is 6.83.